The van der Waals surface area contributed by atoms with Crippen LogP contribution in [0.1, 0.15) is 0 Å². The molecule has 1 N–H and O–H groups in total. The van der Waals surface area contributed by atoms with Crippen LogP contribution in [0, 0.1) is 0 Å². The smallest absolute Gasteiger partial charge is 0.179 e. The molecule has 1 rings (SSSR count). The lowest BCUT2D eigenvalue weighted by Crippen LogP contribution is -2.25. The third kappa shape index (κ3) is 1.62. The Morgan fingerprint density at radius 2 is 2.33 bits per heavy atom. The molecule has 52 valence electrons. The predicted molar refractivity (Wildman–Crippen MR) is 38.5 cm³/mol. The Morgan fingerprint density at radius 3 is 2.56 bits per heavy atom. The largest absolute Gasteiger partial charge is 0.366 e. The average molecular weight is 165 g/mol. The molecule has 0 saturated heterocycles. The van der Waals surface area contributed by atoms with Crippen molar-refractivity contribution >= 4 is 21.6 Å². The standard InChI is InChI=1S/C4H7NO2S2/c1-9(6,7)4-5-2-3-8-4/h2-5H,1H3. The summed E-state index contributed by atoms with van der Waals surface area (Å²) in [7, 11) is -2.91. The number of hydrogen-bond donors (Lipinski definition) is 1. The molecule has 1 aliphatic heterocycles. The van der Waals surface area contributed by atoms with E-state index in [0.29, 0.717) is 0 Å². The summed E-state index contributed by atoms with van der Waals surface area (Å²) in [5, 5.41) is 4.42. The second-order valence-corrected chi connectivity index (χ2v) is 5.21. The number of hydrogen-bond acceptors (Lipinski definition) is 4. The topological polar surface area (TPSA) is 46.2 Å². The van der Waals surface area contributed by atoms with Gasteiger partial charge in [0.05, 0.1) is 0 Å². The van der Waals surface area contributed by atoms with Gasteiger partial charge >= 0.3 is 0 Å². The van der Waals surface area contributed by atoms with Crippen LogP contribution >= 0.6 is 11.8 Å². The average Bonchev–Trinajstić information content (AvgIpc) is 2.08. The van der Waals surface area contributed by atoms with E-state index < -0.39 is 14.5 Å². The van der Waals surface area contributed by atoms with Gasteiger partial charge in [0.15, 0.2) is 14.5 Å². The Morgan fingerprint density at radius 1 is 1.67 bits per heavy atom. The predicted octanol–water partition coefficient (Wildman–Crippen LogP) is 0.122. The van der Waals surface area contributed by atoms with Gasteiger partial charge in [-0.05, 0) is 5.41 Å². The summed E-state index contributed by atoms with van der Waals surface area (Å²) in [6.45, 7) is 0. The van der Waals surface area contributed by atoms with Crippen LogP contribution < -0.4 is 5.32 Å². The Kier molecular flexibility index (Phi) is 1.72. The van der Waals surface area contributed by atoms with E-state index in [9.17, 15) is 8.42 Å². The summed E-state index contributed by atoms with van der Waals surface area (Å²) < 4.78 is 21.0. The van der Waals surface area contributed by atoms with Crippen molar-refractivity contribution in [3.05, 3.63) is 11.6 Å². The van der Waals surface area contributed by atoms with E-state index in [1.54, 1.807) is 11.6 Å². The Hall–Kier alpha value is -0.160. The number of sulfone groups is 1. The first kappa shape index (κ1) is 6.95. The minimum Gasteiger partial charge on any atom is -0.366 e. The zero-order valence-electron chi connectivity index (χ0n) is 4.87. The zero-order chi connectivity index (χ0) is 6.91. The first-order valence-electron chi connectivity index (χ1n) is 2.36. The molecule has 3 nitrogen and oxygen atoms in total. The second kappa shape index (κ2) is 2.22. The third-order valence-electron chi connectivity index (χ3n) is 0.891. The molecule has 0 spiro atoms. The van der Waals surface area contributed by atoms with Crippen LogP contribution in [-0.4, -0.2) is 19.4 Å². The molecule has 5 heteroatoms. The molecule has 9 heavy (non-hydrogen) atoms. The molecule has 0 amide bonds. The maximum absolute atomic E-state index is 10.7. The monoisotopic (exact) mass is 165 g/mol. The van der Waals surface area contributed by atoms with Gasteiger partial charge in [0, 0.05) is 12.5 Å². The van der Waals surface area contributed by atoms with E-state index in [-0.39, 0.29) is 0 Å². The number of rotatable bonds is 1. The van der Waals surface area contributed by atoms with Crippen LogP contribution in [-0.2, 0) is 9.84 Å². The molecule has 0 aromatic heterocycles. The van der Waals surface area contributed by atoms with Gasteiger partial charge in [-0.1, -0.05) is 11.8 Å². The van der Waals surface area contributed by atoms with Gasteiger partial charge in [-0.2, -0.15) is 0 Å². The summed E-state index contributed by atoms with van der Waals surface area (Å²) >= 11 is 1.27. The van der Waals surface area contributed by atoms with E-state index in [1.165, 1.54) is 18.0 Å². The quantitative estimate of drug-likeness (QED) is 0.599. The first-order chi connectivity index (χ1) is 4.11. The summed E-state index contributed by atoms with van der Waals surface area (Å²) in [6, 6.07) is 0. The van der Waals surface area contributed by atoms with Crippen molar-refractivity contribution in [1.29, 1.82) is 0 Å². The lowest BCUT2D eigenvalue weighted by atomic mass is 11.0. The van der Waals surface area contributed by atoms with Gasteiger partial charge in [-0.3, -0.25) is 0 Å². The molecular weight excluding hydrogens is 158 g/mol. The molecule has 0 radical (unpaired) electrons. The minimum atomic E-state index is -2.91. The van der Waals surface area contributed by atoms with Crippen molar-refractivity contribution in [2.45, 2.75) is 4.71 Å². The molecule has 0 saturated carbocycles. The van der Waals surface area contributed by atoms with Gasteiger partial charge in [0.25, 0.3) is 0 Å². The molecular formula is C4H7NO2S2. The Bertz CT molecular complexity index is 211. The van der Waals surface area contributed by atoms with Crippen molar-refractivity contribution in [3.63, 3.8) is 0 Å². The summed E-state index contributed by atoms with van der Waals surface area (Å²) in [5.74, 6) is 0. The summed E-state index contributed by atoms with van der Waals surface area (Å²) in [4.78, 5) is 0. The maximum atomic E-state index is 10.7. The highest BCUT2D eigenvalue weighted by molar-refractivity contribution is 8.15. The Balaban J connectivity index is 2.68. The van der Waals surface area contributed by atoms with Crippen molar-refractivity contribution < 1.29 is 8.42 Å². The fraction of sp³-hybridized carbons (Fsp3) is 0.500. The van der Waals surface area contributed by atoms with Crippen molar-refractivity contribution in [1.82, 2.24) is 5.32 Å². The normalized spacial score (nSPS) is 26.1. The molecule has 0 aromatic rings. The van der Waals surface area contributed by atoms with Crippen molar-refractivity contribution in [2.75, 3.05) is 6.26 Å². The zero-order valence-corrected chi connectivity index (χ0v) is 6.50. The van der Waals surface area contributed by atoms with Crippen molar-refractivity contribution in [2.24, 2.45) is 0 Å². The first-order valence-corrected chi connectivity index (χ1v) is 5.26. The molecule has 1 aliphatic rings. The van der Waals surface area contributed by atoms with Crippen LogP contribution in [0.5, 0.6) is 0 Å². The maximum Gasteiger partial charge on any atom is 0.179 e. The molecule has 1 atom stereocenters. The molecule has 1 heterocycles. The molecule has 0 aromatic carbocycles. The van der Waals surface area contributed by atoms with Gasteiger partial charge in [-0.15, -0.1) is 0 Å². The fourth-order valence-electron chi connectivity index (χ4n) is 0.492. The number of thioether (sulfide) groups is 1. The lowest BCUT2D eigenvalue weighted by Gasteiger charge is -2.05. The van der Waals surface area contributed by atoms with Crippen LogP contribution in [0.3, 0.4) is 0 Å². The van der Waals surface area contributed by atoms with E-state index in [0.717, 1.165) is 0 Å². The molecule has 0 fully saturated rings. The van der Waals surface area contributed by atoms with Gasteiger partial charge in [0.1, 0.15) is 0 Å². The molecule has 0 bridgehead atoms. The summed E-state index contributed by atoms with van der Waals surface area (Å²) in [6.07, 6.45) is 2.85. The lowest BCUT2D eigenvalue weighted by molar-refractivity contribution is 0.596. The number of nitrogens with one attached hydrogen (secondary N) is 1. The minimum absolute atomic E-state index is 0.461. The highest BCUT2D eigenvalue weighted by Crippen LogP contribution is 2.19. The van der Waals surface area contributed by atoms with Crippen LogP contribution in [0.2, 0.25) is 0 Å². The molecule has 1 unspecified atom stereocenters. The highest BCUT2D eigenvalue weighted by atomic mass is 32.3. The van der Waals surface area contributed by atoms with Gasteiger partial charge in [0.2, 0.25) is 0 Å². The van der Waals surface area contributed by atoms with E-state index in [2.05, 4.69) is 5.32 Å². The van der Waals surface area contributed by atoms with Crippen LogP contribution in [0.15, 0.2) is 11.6 Å². The fourth-order valence-corrected chi connectivity index (χ4v) is 2.27. The molecule has 0 aliphatic carbocycles. The SMILES string of the molecule is CS(=O)(=O)C1NC=CS1. The van der Waals surface area contributed by atoms with Crippen molar-refractivity contribution in [3.8, 4) is 0 Å². The van der Waals surface area contributed by atoms with Crippen LogP contribution in [0.25, 0.3) is 0 Å². The Labute approximate surface area is 58.4 Å². The highest BCUT2D eigenvalue weighted by Gasteiger charge is 2.20. The van der Waals surface area contributed by atoms with Gasteiger partial charge < -0.3 is 5.32 Å². The van der Waals surface area contributed by atoms with Gasteiger partial charge in [-0.25, -0.2) is 8.42 Å². The summed E-state index contributed by atoms with van der Waals surface area (Å²) in [5.41, 5.74) is 0. The second-order valence-electron chi connectivity index (χ2n) is 1.77. The van der Waals surface area contributed by atoms with E-state index in [4.69, 9.17) is 0 Å². The third-order valence-corrected chi connectivity index (χ3v) is 3.86. The van der Waals surface area contributed by atoms with E-state index in [1.807, 2.05) is 0 Å². The van der Waals surface area contributed by atoms with Crippen LogP contribution in [0.4, 0.5) is 0 Å². The van der Waals surface area contributed by atoms with E-state index >= 15 is 0 Å².